The summed E-state index contributed by atoms with van der Waals surface area (Å²) < 4.78 is 5.82. The molecule has 0 fully saturated rings. The molecule has 0 aromatic rings. The van der Waals surface area contributed by atoms with Gasteiger partial charge in [0.25, 0.3) is 0 Å². The van der Waals surface area contributed by atoms with Gasteiger partial charge in [-0.3, -0.25) is 9.59 Å². The third kappa shape index (κ3) is 41.1. The van der Waals surface area contributed by atoms with Crippen LogP contribution in [0.1, 0.15) is 271 Å². The monoisotopic (exact) mass is 818 g/mol. The van der Waals surface area contributed by atoms with E-state index in [1.807, 2.05) is 12.2 Å². The Bertz CT molecular complexity index is 919. The lowest BCUT2D eigenvalue weighted by molar-refractivity contribution is -0.148. The molecule has 0 heterocycles. The first-order valence-corrected chi connectivity index (χ1v) is 25.6. The number of aliphatic hydroxyl groups excluding tert-OH is 2. The largest absolute Gasteiger partial charge is 0.458 e. The van der Waals surface area contributed by atoms with E-state index in [1.165, 1.54) is 180 Å². The molecule has 342 valence electrons. The fourth-order valence-corrected chi connectivity index (χ4v) is 7.87. The molecule has 1 amide bonds. The molecule has 6 heteroatoms. The Morgan fingerprint density at radius 2 is 0.914 bits per heavy atom. The third-order valence-corrected chi connectivity index (χ3v) is 11.8. The van der Waals surface area contributed by atoms with Crippen molar-refractivity contribution in [1.82, 2.24) is 5.32 Å². The van der Waals surface area contributed by atoms with Crippen LogP contribution < -0.4 is 5.32 Å². The maximum atomic E-state index is 13.1. The van der Waals surface area contributed by atoms with Gasteiger partial charge in [0, 0.05) is 6.42 Å². The van der Waals surface area contributed by atoms with Crippen molar-refractivity contribution in [2.75, 3.05) is 6.61 Å². The van der Waals surface area contributed by atoms with Crippen molar-refractivity contribution < 1.29 is 24.5 Å². The van der Waals surface area contributed by atoms with Crippen LogP contribution >= 0.6 is 0 Å². The summed E-state index contributed by atoms with van der Waals surface area (Å²) in [7, 11) is 0. The number of carbonyl (C=O) groups is 2. The van der Waals surface area contributed by atoms with Crippen LogP contribution in [0.25, 0.3) is 0 Å². The molecule has 3 N–H and O–H groups in total. The molecule has 0 spiro atoms. The SMILES string of the molecule is CCCCCCCC/C=C\C/C=C/C(CC(=O)NC(CO)C(O)CCCCCCCCCCCCCCCC)OC(=O)CCCCCCCCCCCCCCCC. The Morgan fingerprint density at radius 3 is 1.34 bits per heavy atom. The molecule has 0 rings (SSSR count). The van der Waals surface area contributed by atoms with Crippen LogP contribution in [0.4, 0.5) is 0 Å². The van der Waals surface area contributed by atoms with Crippen LogP contribution in [0.15, 0.2) is 24.3 Å². The zero-order valence-corrected chi connectivity index (χ0v) is 38.9. The molecule has 0 aliphatic heterocycles. The van der Waals surface area contributed by atoms with Crippen molar-refractivity contribution in [2.45, 2.75) is 289 Å². The molecule has 0 bridgehead atoms. The van der Waals surface area contributed by atoms with E-state index in [9.17, 15) is 19.8 Å². The summed E-state index contributed by atoms with van der Waals surface area (Å²) in [5.74, 6) is -0.590. The highest BCUT2D eigenvalue weighted by molar-refractivity contribution is 5.78. The zero-order chi connectivity index (χ0) is 42.4. The first-order chi connectivity index (χ1) is 28.5. The van der Waals surface area contributed by atoms with Crippen LogP contribution in [-0.4, -0.2) is 46.9 Å². The van der Waals surface area contributed by atoms with Crippen LogP contribution in [0.3, 0.4) is 0 Å². The van der Waals surface area contributed by atoms with Gasteiger partial charge in [0.15, 0.2) is 0 Å². The quantitative estimate of drug-likeness (QED) is 0.0323. The van der Waals surface area contributed by atoms with Crippen molar-refractivity contribution in [2.24, 2.45) is 0 Å². The number of unbranched alkanes of at least 4 members (excludes halogenated alkanes) is 32. The number of allylic oxidation sites excluding steroid dienone is 3. The maximum Gasteiger partial charge on any atom is 0.306 e. The number of nitrogens with one attached hydrogen (secondary N) is 1. The van der Waals surface area contributed by atoms with Gasteiger partial charge in [0.05, 0.1) is 25.2 Å². The summed E-state index contributed by atoms with van der Waals surface area (Å²) in [6, 6.07) is -0.727. The van der Waals surface area contributed by atoms with Crippen LogP contribution in [0, 0.1) is 0 Å². The van der Waals surface area contributed by atoms with Gasteiger partial charge in [0.1, 0.15) is 6.10 Å². The molecule has 0 aliphatic carbocycles. The molecule has 6 nitrogen and oxygen atoms in total. The molecule has 3 atom stereocenters. The van der Waals surface area contributed by atoms with Crippen LogP contribution in [0.5, 0.6) is 0 Å². The Kier molecular flexibility index (Phi) is 45.1. The summed E-state index contributed by atoms with van der Waals surface area (Å²) in [4.78, 5) is 26.0. The molecule has 0 radical (unpaired) electrons. The van der Waals surface area contributed by atoms with E-state index in [0.717, 1.165) is 51.4 Å². The lowest BCUT2D eigenvalue weighted by atomic mass is 10.0. The summed E-state index contributed by atoms with van der Waals surface area (Å²) in [6.45, 7) is 6.46. The highest BCUT2D eigenvalue weighted by Crippen LogP contribution is 2.17. The van der Waals surface area contributed by atoms with E-state index < -0.39 is 18.2 Å². The van der Waals surface area contributed by atoms with Crippen LogP contribution in [0.2, 0.25) is 0 Å². The molecular formula is C52H99NO5. The van der Waals surface area contributed by atoms with Crippen LogP contribution in [-0.2, 0) is 14.3 Å². The van der Waals surface area contributed by atoms with E-state index in [0.29, 0.717) is 12.8 Å². The number of aliphatic hydroxyl groups is 2. The second-order valence-corrected chi connectivity index (χ2v) is 17.6. The minimum atomic E-state index is -0.806. The second kappa shape index (κ2) is 46.4. The van der Waals surface area contributed by atoms with Gasteiger partial charge in [-0.2, -0.15) is 0 Å². The minimum absolute atomic E-state index is 0.0233. The van der Waals surface area contributed by atoms with Crippen molar-refractivity contribution in [3.05, 3.63) is 24.3 Å². The number of amides is 1. The Labute approximate surface area is 361 Å². The number of hydrogen-bond donors (Lipinski definition) is 3. The Morgan fingerprint density at radius 1 is 0.517 bits per heavy atom. The number of ether oxygens (including phenoxy) is 1. The van der Waals surface area contributed by atoms with Gasteiger partial charge in [-0.1, -0.05) is 244 Å². The molecule has 0 saturated carbocycles. The van der Waals surface area contributed by atoms with Gasteiger partial charge >= 0.3 is 5.97 Å². The second-order valence-electron chi connectivity index (χ2n) is 17.6. The highest BCUT2D eigenvalue weighted by Gasteiger charge is 2.23. The standard InChI is InChI=1S/C52H99NO5/c1-4-7-10-13-16-19-22-24-26-29-32-35-38-41-44-50(55)49(47-54)53-51(56)46-48(43-40-37-34-31-28-21-18-15-12-9-6-3)58-52(57)45-42-39-36-33-30-27-25-23-20-17-14-11-8-5-2/h31,34,40,43,48-50,54-55H,4-30,32-33,35-39,41-42,44-47H2,1-3H3,(H,53,56)/b34-31-,43-40+. The highest BCUT2D eigenvalue weighted by atomic mass is 16.5. The van der Waals surface area contributed by atoms with Crippen molar-refractivity contribution in [1.29, 1.82) is 0 Å². The maximum absolute atomic E-state index is 13.1. The van der Waals surface area contributed by atoms with E-state index in [4.69, 9.17) is 4.74 Å². The number of rotatable bonds is 46. The molecule has 0 aromatic carbocycles. The first-order valence-electron chi connectivity index (χ1n) is 25.6. The van der Waals surface area contributed by atoms with Crippen molar-refractivity contribution in [3.8, 4) is 0 Å². The summed E-state index contributed by atoms with van der Waals surface area (Å²) in [5, 5.41) is 23.7. The number of esters is 1. The molecule has 0 saturated heterocycles. The average molecular weight is 818 g/mol. The Balaban J connectivity index is 4.57. The van der Waals surface area contributed by atoms with E-state index in [-0.39, 0.29) is 24.9 Å². The summed E-state index contributed by atoms with van der Waals surface area (Å²) in [6.07, 6.45) is 52.7. The summed E-state index contributed by atoms with van der Waals surface area (Å²) in [5.41, 5.74) is 0. The smallest absolute Gasteiger partial charge is 0.306 e. The zero-order valence-electron chi connectivity index (χ0n) is 38.9. The van der Waals surface area contributed by atoms with Gasteiger partial charge in [-0.05, 0) is 38.2 Å². The van der Waals surface area contributed by atoms with Gasteiger partial charge < -0.3 is 20.3 Å². The van der Waals surface area contributed by atoms with E-state index >= 15 is 0 Å². The molecule has 0 aliphatic rings. The Hall–Kier alpha value is -1.66. The molecule has 3 unspecified atom stereocenters. The van der Waals surface area contributed by atoms with Gasteiger partial charge in [0.2, 0.25) is 5.91 Å². The molecule has 0 aromatic heterocycles. The minimum Gasteiger partial charge on any atom is -0.458 e. The average Bonchev–Trinajstić information content (AvgIpc) is 3.22. The fraction of sp³-hybridized carbons (Fsp3) is 0.885. The van der Waals surface area contributed by atoms with Gasteiger partial charge in [-0.25, -0.2) is 0 Å². The van der Waals surface area contributed by atoms with Crippen molar-refractivity contribution in [3.63, 3.8) is 0 Å². The lowest BCUT2D eigenvalue weighted by Crippen LogP contribution is -2.46. The topological polar surface area (TPSA) is 95.9 Å². The van der Waals surface area contributed by atoms with E-state index in [2.05, 4.69) is 38.2 Å². The predicted molar refractivity (Wildman–Crippen MR) is 250 cm³/mol. The third-order valence-electron chi connectivity index (χ3n) is 11.8. The number of carbonyl (C=O) groups excluding carboxylic acids is 2. The predicted octanol–water partition coefficient (Wildman–Crippen LogP) is 15.1. The van der Waals surface area contributed by atoms with Gasteiger partial charge in [-0.15, -0.1) is 0 Å². The lowest BCUT2D eigenvalue weighted by Gasteiger charge is -2.23. The first kappa shape index (κ1) is 56.3. The van der Waals surface area contributed by atoms with E-state index in [1.54, 1.807) is 0 Å². The normalized spacial score (nSPS) is 13.4. The molecule has 58 heavy (non-hydrogen) atoms. The van der Waals surface area contributed by atoms with Crippen molar-refractivity contribution >= 4 is 11.9 Å². The molecular weight excluding hydrogens is 719 g/mol. The summed E-state index contributed by atoms with van der Waals surface area (Å²) >= 11 is 0. The number of hydrogen-bond acceptors (Lipinski definition) is 5. The fourth-order valence-electron chi connectivity index (χ4n) is 7.87.